The molecule has 1 aromatic heterocycles. The largest absolute Gasteiger partial charge is 0.479 e. The molecule has 0 bridgehead atoms. The van der Waals surface area contributed by atoms with E-state index in [0.29, 0.717) is 5.69 Å². The van der Waals surface area contributed by atoms with E-state index in [1.165, 1.54) is 11.5 Å². The normalized spacial score (nSPS) is 14.4. The molecule has 1 atom stereocenters. The lowest BCUT2D eigenvalue weighted by molar-refractivity contribution is -0.157. The second kappa shape index (κ2) is 3.52. The van der Waals surface area contributed by atoms with Gasteiger partial charge in [-0.1, -0.05) is 0 Å². The van der Waals surface area contributed by atoms with Crippen molar-refractivity contribution < 1.29 is 15.0 Å². The van der Waals surface area contributed by atoms with Crippen LogP contribution in [0.5, 0.6) is 0 Å². The molecule has 14 heavy (non-hydrogen) atoms. The van der Waals surface area contributed by atoms with Crippen molar-refractivity contribution in [2.75, 3.05) is 0 Å². The SMILES string of the molecule is CC(O)(Cn1cccc1C#N)C(=O)O. The number of aromatic nitrogens is 1. The van der Waals surface area contributed by atoms with Crippen molar-refractivity contribution >= 4 is 5.97 Å². The predicted octanol–water partition coefficient (Wildman–Crippen LogP) is 0.195. The lowest BCUT2D eigenvalue weighted by Gasteiger charge is -2.18. The van der Waals surface area contributed by atoms with E-state index in [1.54, 1.807) is 18.3 Å². The molecule has 0 saturated heterocycles. The van der Waals surface area contributed by atoms with Gasteiger partial charge >= 0.3 is 5.97 Å². The fraction of sp³-hybridized carbons (Fsp3) is 0.333. The first-order chi connectivity index (χ1) is 6.47. The maximum Gasteiger partial charge on any atom is 0.337 e. The van der Waals surface area contributed by atoms with Crippen LogP contribution in [0.1, 0.15) is 12.6 Å². The smallest absolute Gasteiger partial charge is 0.337 e. The maximum absolute atomic E-state index is 10.6. The van der Waals surface area contributed by atoms with E-state index in [2.05, 4.69) is 0 Å². The summed E-state index contributed by atoms with van der Waals surface area (Å²) in [6.07, 6.45) is 1.55. The average molecular weight is 194 g/mol. The van der Waals surface area contributed by atoms with Crippen molar-refractivity contribution in [2.24, 2.45) is 0 Å². The van der Waals surface area contributed by atoms with Gasteiger partial charge in [0.1, 0.15) is 11.8 Å². The Kier molecular flexibility index (Phi) is 2.58. The number of aliphatic hydroxyl groups is 1. The highest BCUT2D eigenvalue weighted by molar-refractivity contribution is 5.76. The molecule has 5 heteroatoms. The van der Waals surface area contributed by atoms with Crippen molar-refractivity contribution in [3.05, 3.63) is 24.0 Å². The zero-order valence-corrected chi connectivity index (χ0v) is 7.64. The Bertz CT molecular complexity index is 387. The van der Waals surface area contributed by atoms with Gasteiger partial charge < -0.3 is 14.8 Å². The molecule has 0 radical (unpaired) electrons. The molecule has 1 unspecified atom stereocenters. The van der Waals surface area contributed by atoms with Crippen molar-refractivity contribution in [1.82, 2.24) is 4.57 Å². The summed E-state index contributed by atoms with van der Waals surface area (Å²) in [6.45, 7) is 1.05. The molecule has 2 N–H and O–H groups in total. The number of aliphatic carboxylic acids is 1. The third-order valence-corrected chi connectivity index (χ3v) is 1.88. The first-order valence-corrected chi connectivity index (χ1v) is 3.98. The minimum Gasteiger partial charge on any atom is -0.479 e. The Hall–Kier alpha value is -1.80. The van der Waals surface area contributed by atoms with Crippen LogP contribution in [0, 0.1) is 11.3 Å². The highest BCUT2D eigenvalue weighted by Gasteiger charge is 2.30. The van der Waals surface area contributed by atoms with E-state index in [9.17, 15) is 9.90 Å². The van der Waals surface area contributed by atoms with Gasteiger partial charge in [-0.15, -0.1) is 0 Å². The zero-order valence-electron chi connectivity index (χ0n) is 7.64. The topological polar surface area (TPSA) is 86.3 Å². The van der Waals surface area contributed by atoms with Gasteiger partial charge in [-0.2, -0.15) is 5.26 Å². The minimum atomic E-state index is -1.86. The number of carbonyl (C=O) groups is 1. The summed E-state index contributed by atoms with van der Waals surface area (Å²) in [4.78, 5) is 10.6. The van der Waals surface area contributed by atoms with Crippen LogP contribution in [0.25, 0.3) is 0 Å². The molecule has 5 nitrogen and oxygen atoms in total. The first kappa shape index (κ1) is 10.3. The third-order valence-electron chi connectivity index (χ3n) is 1.88. The van der Waals surface area contributed by atoms with Crippen LogP contribution in [-0.2, 0) is 11.3 Å². The number of hydrogen-bond acceptors (Lipinski definition) is 3. The average Bonchev–Trinajstić information content (AvgIpc) is 2.50. The maximum atomic E-state index is 10.6. The molecule has 74 valence electrons. The van der Waals surface area contributed by atoms with Crippen LogP contribution in [0.4, 0.5) is 0 Å². The molecule has 0 saturated carbocycles. The van der Waals surface area contributed by atoms with Crippen LogP contribution in [0.3, 0.4) is 0 Å². The Morgan fingerprint density at radius 3 is 2.93 bits per heavy atom. The van der Waals surface area contributed by atoms with Gasteiger partial charge in [0.05, 0.1) is 6.54 Å². The quantitative estimate of drug-likeness (QED) is 0.719. The summed E-state index contributed by atoms with van der Waals surface area (Å²) in [7, 11) is 0. The van der Waals surface area contributed by atoms with E-state index in [-0.39, 0.29) is 6.54 Å². The molecule has 0 amide bonds. The Morgan fingerprint density at radius 1 is 1.79 bits per heavy atom. The highest BCUT2D eigenvalue weighted by atomic mass is 16.4. The van der Waals surface area contributed by atoms with Crippen LogP contribution in [0.2, 0.25) is 0 Å². The number of carboxylic acid groups (broad SMARTS) is 1. The Balaban J connectivity index is 2.90. The molecule has 1 aromatic rings. The van der Waals surface area contributed by atoms with E-state index in [0.717, 1.165) is 0 Å². The first-order valence-electron chi connectivity index (χ1n) is 3.98. The summed E-state index contributed by atoms with van der Waals surface area (Å²) < 4.78 is 1.40. The summed E-state index contributed by atoms with van der Waals surface area (Å²) in [6, 6.07) is 5.07. The molecule has 0 fully saturated rings. The summed E-state index contributed by atoms with van der Waals surface area (Å²) in [5, 5.41) is 26.8. The Labute approximate surface area is 80.8 Å². The number of rotatable bonds is 3. The van der Waals surface area contributed by atoms with Crippen molar-refractivity contribution in [3.63, 3.8) is 0 Å². The molecule has 0 aromatic carbocycles. The van der Waals surface area contributed by atoms with Gasteiger partial charge in [0.25, 0.3) is 0 Å². The number of nitriles is 1. The van der Waals surface area contributed by atoms with Gasteiger partial charge in [-0.25, -0.2) is 4.79 Å². The van der Waals surface area contributed by atoms with Crippen molar-refractivity contribution in [2.45, 2.75) is 19.1 Å². The lowest BCUT2D eigenvalue weighted by atomic mass is 10.1. The number of nitrogens with zero attached hydrogens (tertiary/aromatic N) is 2. The zero-order chi connectivity index (χ0) is 10.8. The number of carboxylic acids is 1. The van der Waals surface area contributed by atoms with Gasteiger partial charge in [-0.3, -0.25) is 0 Å². The highest BCUT2D eigenvalue weighted by Crippen LogP contribution is 2.10. The van der Waals surface area contributed by atoms with Gasteiger partial charge in [0.2, 0.25) is 0 Å². The lowest BCUT2D eigenvalue weighted by Crippen LogP contribution is -2.39. The van der Waals surface area contributed by atoms with Crippen LogP contribution >= 0.6 is 0 Å². The standard InChI is InChI=1S/C9H10N2O3/c1-9(14,8(12)13)6-11-4-2-3-7(11)5-10/h2-4,14H,6H2,1H3,(H,12,13). The Morgan fingerprint density at radius 2 is 2.43 bits per heavy atom. The second-order valence-electron chi connectivity index (χ2n) is 3.21. The van der Waals surface area contributed by atoms with E-state index in [1.807, 2.05) is 6.07 Å². The predicted molar refractivity (Wildman–Crippen MR) is 47.4 cm³/mol. The van der Waals surface area contributed by atoms with Crippen LogP contribution < -0.4 is 0 Å². The summed E-state index contributed by atoms with van der Waals surface area (Å²) in [5.41, 5.74) is -1.53. The van der Waals surface area contributed by atoms with Gasteiger partial charge in [0.15, 0.2) is 5.60 Å². The molecule has 1 heterocycles. The fourth-order valence-electron chi connectivity index (χ4n) is 1.05. The van der Waals surface area contributed by atoms with Crippen LogP contribution in [-0.4, -0.2) is 26.4 Å². The van der Waals surface area contributed by atoms with E-state index < -0.39 is 11.6 Å². The molecule has 0 aliphatic carbocycles. The van der Waals surface area contributed by atoms with Crippen molar-refractivity contribution in [3.8, 4) is 6.07 Å². The fourth-order valence-corrected chi connectivity index (χ4v) is 1.05. The molecular formula is C9H10N2O3. The molecule has 0 spiro atoms. The van der Waals surface area contributed by atoms with Crippen molar-refractivity contribution in [1.29, 1.82) is 5.26 Å². The molecule has 0 aliphatic rings. The van der Waals surface area contributed by atoms with E-state index in [4.69, 9.17) is 10.4 Å². The second-order valence-corrected chi connectivity index (χ2v) is 3.21. The van der Waals surface area contributed by atoms with E-state index >= 15 is 0 Å². The minimum absolute atomic E-state index is 0.141. The molecular weight excluding hydrogens is 184 g/mol. The van der Waals surface area contributed by atoms with Gasteiger partial charge in [0, 0.05) is 6.20 Å². The summed E-state index contributed by atoms with van der Waals surface area (Å²) >= 11 is 0. The van der Waals surface area contributed by atoms with Crippen LogP contribution in [0.15, 0.2) is 18.3 Å². The van der Waals surface area contributed by atoms with Gasteiger partial charge in [-0.05, 0) is 19.1 Å². The summed E-state index contributed by atoms with van der Waals surface area (Å²) in [5.74, 6) is -1.31. The number of hydrogen-bond donors (Lipinski definition) is 2. The molecule has 0 aliphatic heterocycles. The third kappa shape index (κ3) is 1.92. The molecule has 1 rings (SSSR count). The monoisotopic (exact) mass is 194 g/mol.